The maximum Gasteiger partial charge on any atom is 0.246 e. The largest absolute Gasteiger partial charge is 0.489 e. The van der Waals surface area contributed by atoms with Crippen molar-refractivity contribution >= 4 is 59.0 Å². The van der Waals surface area contributed by atoms with Gasteiger partial charge in [-0.05, 0) is 67.7 Å². The SMILES string of the molecule is Cc1ncsc1-c1ccc([C@H](C)NC(=O)[C@@H]2C[C@@H](O)CN2C(=O)[C@@H](NC(=O)CCCCCc2cc(Cl)cc(OC[C@@H](N)CCC(N)=O)c2F)C(C)(C)C)cc1.Cl. The van der Waals surface area contributed by atoms with Crippen molar-refractivity contribution in [3.8, 4) is 16.2 Å². The summed E-state index contributed by atoms with van der Waals surface area (Å²) in [6, 6.07) is 8.11. The zero-order chi connectivity index (χ0) is 40.4. The minimum atomic E-state index is -0.941. The number of nitrogens with zero attached hydrogens (tertiary/aromatic N) is 2. The number of aliphatic hydroxyl groups excluding tert-OH is 1. The van der Waals surface area contributed by atoms with Crippen molar-refractivity contribution in [3.05, 3.63) is 69.6 Å². The average molecular weight is 838 g/mol. The van der Waals surface area contributed by atoms with Gasteiger partial charge in [-0.15, -0.1) is 23.7 Å². The van der Waals surface area contributed by atoms with Crippen LogP contribution in [-0.4, -0.2) is 76.0 Å². The molecule has 1 aromatic heterocycles. The van der Waals surface area contributed by atoms with Gasteiger partial charge >= 0.3 is 0 Å². The molecule has 56 heavy (non-hydrogen) atoms. The number of carbonyl (C=O) groups is 4. The molecule has 0 unspecified atom stereocenters. The van der Waals surface area contributed by atoms with E-state index < -0.39 is 47.3 Å². The molecule has 0 saturated carbocycles. The van der Waals surface area contributed by atoms with Gasteiger partial charge in [-0.3, -0.25) is 19.2 Å². The number of amides is 4. The number of β-amino-alcohol motifs (C(OH)–C–C–N with tert-alkyl or cyclic N) is 1. The van der Waals surface area contributed by atoms with Crippen LogP contribution in [0.15, 0.2) is 41.9 Å². The first kappa shape index (κ1) is 46.6. The number of ether oxygens (including phenoxy) is 1. The number of aryl methyl sites for hydroxylation is 2. The topological polar surface area (TPSA) is 190 Å². The van der Waals surface area contributed by atoms with Crippen molar-refractivity contribution in [1.82, 2.24) is 20.5 Å². The van der Waals surface area contributed by atoms with Crippen LogP contribution in [0.25, 0.3) is 10.4 Å². The quantitative estimate of drug-likeness (QED) is 0.0998. The summed E-state index contributed by atoms with van der Waals surface area (Å²) in [5.74, 6) is -2.17. The molecule has 7 N–H and O–H groups in total. The van der Waals surface area contributed by atoms with Crippen LogP contribution in [0.5, 0.6) is 5.75 Å². The maximum absolute atomic E-state index is 15.2. The minimum Gasteiger partial charge on any atom is -0.489 e. The number of halogens is 3. The predicted molar refractivity (Wildman–Crippen MR) is 219 cm³/mol. The molecule has 2 heterocycles. The Morgan fingerprint density at radius 2 is 1.80 bits per heavy atom. The van der Waals surface area contributed by atoms with E-state index >= 15 is 4.39 Å². The molecule has 1 aliphatic rings. The van der Waals surface area contributed by atoms with Gasteiger partial charge in [0.1, 0.15) is 18.7 Å². The summed E-state index contributed by atoms with van der Waals surface area (Å²) in [5.41, 5.74) is 15.5. The summed E-state index contributed by atoms with van der Waals surface area (Å²) in [5, 5.41) is 16.8. The first-order valence-electron chi connectivity index (χ1n) is 18.7. The zero-order valence-electron chi connectivity index (χ0n) is 32.6. The molecule has 1 aliphatic heterocycles. The Labute approximate surface area is 343 Å². The first-order valence-corrected chi connectivity index (χ1v) is 19.9. The molecule has 2 aromatic carbocycles. The van der Waals surface area contributed by atoms with Crippen LogP contribution < -0.4 is 26.8 Å². The number of nitrogens with one attached hydrogen (secondary N) is 2. The summed E-state index contributed by atoms with van der Waals surface area (Å²) in [4.78, 5) is 58.5. The van der Waals surface area contributed by atoms with E-state index in [9.17, 15) is 24.3 Å². The second-order valence-electron chi connectivity index (χ2n) is 15.4. The van der Waals surface area contributed by atoms with Crippen LogP contribution in [0.1, 0.15) is 95.5 Å². The van der Waals surface area contributed by atoms with Crippen molar-refractivity contribution in [1.29, 1.82) is 0 Å². The summed E-state index contributed by atoms with van der Waals surface area (Å²) in [6.07, 6.45) is 1.79. The Bertz CT molecular complexity index is 1810. The number of unbranched alkanes of at least 4 members (excludes halogenated alkanes) is 2. The number of hydrogen-bond donors (Lipinski definition) is 5. The molecule has 0 aliphatic carbocycles. The van der Waals surface area contributed by atoms with E-state index in [0.29, 0.717) is 42.7 Å². The summed E-state index contributed by atoms with van der Waals surface area (Å²) in [7, 11) is 0. The molecule has 0 bridgehead atoms. The Morgan fingerprint density at radius 1 is 1.11 bits per heavy atom. The molecule has 4 rings (SSSR count). The van der Waals surface area contributed by atoms with Crippen LogP contribution in [0.4, 0.5) is 4.39 Å². The molecule has 0 spiro atoms. The number of rotatable bonds is 18. The fourth-order valence-corrected chi connectivity index (χ4v) is 7.58. The van der Waals surface area contributed by atoms with E-state index in [4.69, 9.17) is 27.8 Å². The monoisotopic (exact) mass is 836 g/mol. The number of aromatic nitrogens is 1. The zero-order valence-corrected chi connectivity index (χ0v) is 35.0. The van der Waals surface area contributed by atoms with E-state index in [1.54, 1.807) is 16.8 Å². The van der Waals surface area contributed by atoms with Crippen LogP contribution in [0, 0.1) is 18.2 Å². The normalized spacial score (nSPS) is 17.1. The fraction of sp³-hybridized carbons (Fsp3) is 0.525. The van der Waals surface area contributed by atoms with E-state index in [0.717, 1.165) is 21.7 Å². The van der Waals surface area contributed by atoms with Gasteiger partial charge in [0.05, 0.1) is 28.2 Å². The van der Waals surface area contributed by atoms with Crippen LogP contribution in [0.2, 0.25) is 5.02 Å². The van der Waals surface area contributed by atoms with E-state index in [1.807, 2.05) is 58.9 Å². The fourth-order valence-electron chi connectivity index (χ4n) is 6.54. The molecule has 5 atom stereocenters. The van der Waals surface area contributed by atoms with Crippen molar-refractivity contribution in [2.75, 3.05) is 13.2 Å². The van der Waals surface area contributed by atoms with Gasteiger partial charge < -0.3 is 36.8 Å². The van der Waals surface area contributed by atoms with Gasteiger partial charge in [-0.2, -0.15) is 0 Å². The number of carbonyl (C=O) groups excluding carboxylic acids is 4. The number of aliphatic hydroxyl groups is 1. The standard InChI is InChI=1S/C40H54ClFN6O6S.ClH/c1-23(25-11-13-26(14-12-25)36-24(2)45-22-55-36)46-38(52)31-19-30(49)20-48(31)39(53)37(40(3,4)5)47-34(51)10-8-6-7-9-27-17-28(41)18-32(35(27)42)54-21-29(43)15-16-33(44)50;/h11-14,17-18,22-23,29-31,37,49H,6-10,15-16,19-21,43H2,1-5H3,(H2,44,50)(H,46,52)(H,47,51);1H/t23-,29-,30+,31-,37+;/m0./s1. The highest BCUT2D eigenvalue weighted by molar-refractivity contribution is 7.13. The predicted octanol–water partition coefficient (Wildman–Crippen LogP) is 5.78. The molecule has 1 fully saturated rings. The third-order valence-electron chi connectivity index (χ3n) is 9.70. The Balaban J connectivity index is 0.00000841. The van der Waals surface area contributed by atoms with E-state index in [-0.39, 0.29) is 68.4 Å². The summed E-state index contributed by atoms with van der Waals surface area (Å²) in [6.45, 7) is 9.31. The molecule has 1 saturated heterocycles. The van der Waals surface area contributed by atoms with Crippen LogP contribution in [-0.2, 0) is 25.6 Å². The van der Waals surface area contributed by atoms with Gasteiger partial charge in [0, 0.05) is 42.9 Å². The molecule has 0 radical (unpaired) electrons. The number of primary amides is 1. The Kier molecular flexibility index (Phi) is 17.5. The lowest BCUT2D eigenvalue weighted by Gasteiger charge is -2.35. The van der Waals surface area contributed by atoms with Gasteiger partial charge in [-0.1, -0.05) is 63.1 Å². The Morgan fingerprint density at radius 3 is 2.43 bits per heavy atom. The second-order valence-corrected chi connectivity index (χ2v) is 16.7. The number of hydrogen-bond acceptors (Lipinski definition) is 9. The van der Waals surface area contributed by atoms with Crippen LogP contribution >= 0.6 is 35.3 Å². The molecule has 308 valence electrons. The molecule has 4 amide bonds. The number of benzene rings is 2. The lowest BCUT2D eigenvalue weighted by atomic mass is 9.85. The molecular formula is C40H55Cl2FN6O6S. The highest BCUT2D eigenvalue weighted by Gasteiger charge is 2.44. The third kappa shape index (κ3) is 13.1. The number of thiazole rings is 1. The van der Waals surface area contributed by atoms with Crippen molar-refractivity contribution in [2.45, 2.75) is 116 Å². The van der Waals surface area contributed by atoms with Crippen molar-refractivity contribution < 1.29 is 33.4 Å². The highest BCUT2D eigenvalue weighted by atomic mass is 35.5. The minimum absolute atomic E-state index is 0. The lowest BCUT2D eigenvalue weighted by Crippen LogP contribution is -2.57. The highest BCUT2D eigenvalue weighted by Crippen LogP contribution is 2.31. The third-order valence-corrected chi connectivity index (χ3v) is 10.9. The average Bonchev–Trinajstić information content (AvgIpc) is 3.74. The first-order chi connectivity index (χ1) is 25.9. The van der Waals surface area contributed by atoms with Gasteiger partial charge in [-0.25, -0.2) is 9.37 Å². The number of likely N-dealkylation sites (tertiary alicyclic amines) is 1. The van der Waals surface area contributed by atoms with E-state index in [1.165, 1.54) is 17.0 Å². The molecule has 12 nitrogen and oxygen atoms in total. The summed E-state index contributed by atoms with van der Waals surface area (Å²) >= 11 is 7.79. The van der Waals surface area contributed by atoms with Crippen molar-refractivity contribution in [3.63, 3.8) is 0 Å². The van der Waals surface area contributed by atoms with Crippen LogP contribution in [0.3, 0.4) is 0 Å². The van der Waals surface area contributed by atoms with E-state index in [2.05, 4.69) is 15.6 Å². The molecular weight excluding hydrogens is 782 g/mol. The van der Waals surface area contributed by atoms with Crippen molar-refractivity contribution in [2.24, 2.45) is 16.9 Å². The molecule has 16 heteroatoms. The van der Waals surface area contributed by atoms with Gasteiger partial charge in [0.25, 0.3) is 0 Å². The maximum atomic E-state index is 15.2. The van der Waals surface area contributed by atoms with Gasteiger partial charge in [0.15, 0.2) is 11.6 Å². The Hall–Kier alpha value is -3.82. The summed E-state index contributed by atoms with van der Waals surface area (Å²) < 4.78 is 20.7. The number of nitrogens with two attached hydrogens (primary N) is 2. The smallest absolute Gasteiger partial charge is 0.246 e. The van der Waals surface area contributed by atoms with Gasteiger partial charge in [0.2, 0.25) is 23.6 Å². The second kappa shape index (κ2) is 21.1. The lowest BCUT2D eigenvalue weighted by molar-refractivity contribution is -0.144. The molecule has 3 aromatic rings.